The summed E-state index contributed by atoms with van der Waals surface area (Å²) in [5, 5.41) is 0.814. The van der Waals surface area contributed by atoms with Crippen molar-refractivity contribution in [2.24, 2.45) is 0 Å². The number of carbonyl (C=O) groups excluding carboxylic acids is 1. The number of hydrogen-bond acceptors (Lipinski definition) is 6. The van der Waals surface area contributed by atoms with Gasteiger partial charge in [-0.25, -0.2) is 4.98 Å². The van der Waals surface area contributed by atoms with Gasteiger partial charge in [0, 0.05) is 32.8 Å². The lowest BCUT2D eigenvalue weighted by atomic mass is 10.1. The van der Waals surface area contributed by atoms with Crippen LogP contribution in [-0.4, -0.2) is 61.1 Å². The monoisotopic (exact) mass is 429 g/mol. The molecule has 1 amide bonds. The van der Waals surface area contributed by atoms with Crippen molar-refractivity contribution in [1.29, 1.82) is 0 Å². The number of thioether (sulfide) groups is 1. The summed E-state index contributed by atoms with van der Waals surface area (Å²) >= 11 is 1.44. The van der Waals surface area contributed by atoms with Crippen LogP contribution in [-0.2, 0) is 22.6 Å². The molecule has 30 heavy (non-hydrogen) atoms. The van der Waals surface area contributed by atoms with Crippen LogP contribution in [0.3, 0.4) is 0 Å². The van der Waals surface area contributed by atoms with Crippen LogP contribution < -0.4 is 9.47 Å². The summed E-state index contributed by atoms with van der Waals surface area (Å²) in [6, 6.07) is 13.6. The lowest BCUT2D eigenvalue weighted by molar-refractivity contribution is -0.127. The number of methoxy groups -OCH3 is 3. The van der Waals surface area contributed by atoms with Crippen molar-refractivity contribution in [1.82, 2.24) is 14.5 Å². The molecule has 0 aliphatic rings. The van der Waals surface area contributed by atoms with E-state index in [2.05, 4.69) is 4.57 Å². The van der Waals surface area contributed by atoms with Crippen molar-refractivity contribution in [2.75, 3.05) is 40.7 Å². The van der Waals surface area contributed by atoms with E-state index in [4.69, 9.17) is 19.2 Å². The molecule has 7 nitrogen and oxygen atoms in total. The van der Waals surface area contributed by atoms with E-state index in [1.807, 2.05) is 42.5 Å². The highest BCUT2D eigenvalue weighted by Crippen LogP contribution is 2.31. The fourth-order valence-electron chi connectivity index (χ4n) is 3.22. The van der Waals surface area contributed by atoms with Crippen molar-refractivity contribution in [3.63, 3.8) is 0 Å². The Bertz CT molecular complexity index is 1010. The molecule has 0 bridgehead atoms. The number of carbonyl (C=O) groups is 1. The van der Waals surface area contributed by atoms with Crippen molar-refractivity contribution in [3.8, 4) is 11.5 Å². The molecule has 0 saturated carbocycles. The van der Waals surface area contributed by atoms with E-state index < -0.39 is 0 Å². The summed E-state index contributed by atoms with van der Waals surface area (Å²) in [5.41, 5.74) is 2.85. The summed E-state index contributed by atoms with van der Waals surface area (Å²) < 4.78 is 18.1. The number of amides is 1. The van der Waals surface area contributed by atoms with Gasteiger partial charge >= 0.3 is 0 Å². The quantitative estimate of drug-likeness (QED) is 0.460. The molecule has 0 aliphatic heterocycles. The van der Waals surface area contributed by atoms with Crippen LogP contribution in [0.25, 0.3) is 11.0 Å². The smallest absolute Gasteiger partial charge is 0.233 e. The SMILES string of the molecule is COCCn1c(SCC(=O)N(C)Cc2cccc(OC)c2OC)nc2ccccc21. The Morgan fingerprint density at radius 3 is 2.63 bits per heavy atom. The molecule has 0 spiro atoms. The molecule has 0 N–H and O–H groups in total. The molecule has 0 aliphatic carbocycles. The number of hydrogen-bond donors (Lipinski definition) is 0. The number of ether oxygens (including phenoxy) is 3. The Kier molecular flexibility index (Phi) is 7.59. The van der Waals surface area contributed by atoms with Gasteiger partial charge in [0.2, 0.25) is 5.91 Å². The van der Waals surface area contributed by atoms with E-state index in [9.17, 15) is 4.79 Å². The Hall–Kier alpha value is -2.71. The van der Waals surface area contributed by atoms with Crippen molar-refractivity contribution >= 4 is 28.7 Å². The highest BCUT2D eigenvalue weighted by molar-refractivity contribution is 7.99. The van der Waals surface area contributed by atoms with Crippen LogP contribution in [0, 0.1) is 0 Å². The Morgan fingerprint density at radius 1 is 1.10 bits per heavy atom. The second-order valence-corrected chi connectivity index (χ2v) is 7.66. The van der Waals surface area contributed by atoms with Gasteiger partial charge in [-0.2, -0.15) is 0 Å². The van der Waals surface area contributed by atoms with Crippen LogP contribution in [0.2, 0.25) is 0 Å². The molecule has 2 aromatic carbocycles. The largest absolute Gasteiger partial charge is 0.493 e. The first kappa shape index (κ1) is 22.0. The van der Waals surface area contributed by atoms with Crippen LogP contribution >= 0.6 is 11.8 Å². The summed E-state index contributed by atoms with van der Waals surface area (Å²) in [6.07, 6.45) is 0. The molecular weight excluding hydrogens is 402 g/mol. The third-order valence-electron chi connectivity index (χ3n) is 4.78. The van der Waals surface area contributed by atoms with E-state index in [0.717, 1.165) is 21.8 Å². The molecule has 3 rings (SSSR count). The Labute approximate surface area is 180 Å². The lowest BCUT2D eigenvalue weighted by Crippen LogP contribution is -2.28. The molecular formula is C22H27N3O4S. The minimum atomic E-state index is 0.00946. The zero-order valence-corrected chi connectivity index (χ0v) is 18.6. The predicted octanol–water partition coefficient (Wildman–Crippen LogP) is 3.45. The predicted molar refractivity (Wildman–Crippen MR) is 118 cm³/mol. The van der Waals surface area contributed by atoms with Crippen molar-refractivity contribution in [3.05, 3.63) is 48.0 Å². The van der Waals surface area contributed by atoms with Gasteiger partial charge in [-0.1, -0.05) is 36.0 Å². The first-order valence-electron chi connectivity index (χ1n) is 9.59. The first-order valence-corrected chi connectivity index (χ1v) is 10.6. The molecule has 8 heteroatoms. The summed E-state index contributed by atoms with van der Waals surface area (Å²) in [4.78, 5) is 19.2. The zero-order chi connectivity index (χ0) is 21.5. The van der Waals surface area contributed by atoms with Gasteiger partial charge in [-0.3, -0.25) is 4.79 Å². The number of imidazole rings is 1. The third kappa shape index (κ3) is 4.88. The summed E-state index contributed by atoms with van der Waals surface area (Å²) in [7, 11) is 6.67. The van der Waals surface area contributed by atoms with Gasteiger partial charge < -0.3 is 23.7 Å². The lowest BCUT2D eigenvalue weighted by Gasteiger charge is -2.20. The molecule has 1 heterocycles. The fourth-order valence-corrected chi connectivity index (χ4v) is 4.20. The summed E-state index contributed by atoms with van der Waals surface area (Å²) in [6.45, 7) is 1.70. The Balaban J connectivity index is 1.70. The number of nitrogens with zero attached hydrogens (tertiary/aromatic N) is 3. The second-order valence-electron chi connectivity index (χ2n) is 6.72. The standard InChI is InChI=1S/C22H27N3O4S/c1-24(14-16-8-7-11-19(28-3)21(16)29-4)20(26)15-30-22-23-17-9-5-6-10-18(17)25(22)12-13-27-2/h5-11H,12-15H2,1-4H3. The second kappa shape index (κ2) is 10.4. The van der Waals surface area contributed by atoms with Crippen molar-refractivity contribution in [2.45, 2.75) is 18.2 Å². The van der Waals surface area contributed by atoms with E-state index in [1.54, 1.807) is 33.3 Å². The maximum atomic E-state index is 12.8. The highest BCUT2D eigenvalue weighted by Gasteiger charge is 2.17. The van der Waals surface area contributed by atoms with Gasteiger partial charge in [-0.15, -0.1) is 0 Å². The fraction of sp³-hybridized carbons (Fsp3) is 0.364. The minimum absolute atomic E-state index is 0.00946. The average Bonchev–Trinajstić information content (AvgIpc) is 3.12. The molecule has 0 saturated heterocycles. The molecule has 0 radical (unpaired) electrons. The number of fused-ring (bicyclic) bond motifs is 1. The van der Waals surface area contributed by atoms with Crippen LogP contribution in [0.5, 0.6) is 11.5 Å². The molecule has 0 atom stereocenters. The van der Waals surface area contributed by atoms with Gasteiger partial charge in [0.1, 0.15) is 0 Å². The van der Waals surface area contributed by atoms with Crippen molar-refractivity contribution < 1.29 is 19.0 Å². The maximum Gasteiger partial charge on any atom is 0.233 e. The van der Waals surface area contributed by atoms with Crippen LogP contribution in [0.1, 0.15) is 5.56 Å². The normalized spacial score (nSPS) is 10.9. The molecule has 3 aromatic rings. The number of benzene rings is 2. The molecule has 160 valence electrons. The third-order valence-corrected chi connectivity index (χ3v) is 5.74. The van der Waals surface area contributed by atoms with Gasteiger partial charge in [0.15, 0.2) is 16.7 Å². The average molecular weight is 430 g/mol. The maximum absolute atomic E-state index is 12.8. The Morgan fingerprint density at radius 2 is 1.90 bits per heavy atom. The zero-order valence-electron chi connectivity index (χ0n) is 17.8. The molecule has 1 aromatic heterocycles. The van der Waals surface area contributed by atoms with Crippen LogP contribution in [0.4, 0.5) is 0 Å². The van der Waals surface area contributed by atoms with E-state index in [1.165, 1.54) is 11.8 Å². The highest BCUT2D eigenvalue weighted by atomic mass is 32.2. The molecule has 0 unspecified atom stereocenters. The van der Waals surface area contributed by atoms with E-state index in [0.29, 0.717) is 36.9 Å². The van der Waals surface area contributed by atoms with E-state index in [-0.39, 0.29) is 5.91 Å². The van der Waals surface area contributed by atoms with Gasteiger partial charge in [-0.05, 0) is 18.2 Å². The van der Waals surface area contributed by atoms with Crippen LogP contribution in [0.15, 0.2) is 47.6 Å². The minimum Gasteiger partial charge on any atom is -0.493 e. The molecule has 0 fully saturated rings. The first-order chi connectivity index (χ1) is 14.6. The number of aromatic nitrogens is 2. The van der Waals surface area contributed by atoms with Gasteiger partial charge in [0.25, 0.3) is 0 Å². The number of para-hydroxylation sites is 3. The summed E-state index contributed by atoms with van der Waals surface area (Å²) in [5.74, 6) is 1.60. The topological polar surface area (TPSA) is 65.8 Å². The van der Waals surface area contributed by atoms with E-state index >= 15 is 0 Å². The number of rotatable bonds is 10. The van der Waals surface area contributed by atoms with Gasteiger partial charge in [0.05, 0.1) is 37.6 Å².